The van der Waals surface area contributed by atoms with Crippen LogP contribution in [0.2, 0.25) is 0 Å². The Balaban J connectivity index is 2.22. The first kappa shape index (κ1) is 7.53. The van der Waals surface area contributed by atoms with E-state index in [1.165, 1.54) is 12.8 Å². The smallest absolute Gasteiger partial charge is 0.109 e. The van der Waals surface area contributed by atoms with Crippen LogP contribution in [0.1, 0.15) is 12.8 Å². The molecule has 0 aromatic rings. The van der Waals surface area contributed by atoms with Gasteiger partial charge in [0.15, 0.2) is 0 Å². The highest BCUT2D eigenvalue weighted by molar-refractivity contribution is 14.1. The molecule has 0 aromatic carbocycles. The zero-order chi connectivity index (χ0) is 5.98. The fourth-order valence-electron chi connectivity index (χ4n) is 0.775. The maximum absolute atomic E-state index is 5.49. The van der Waals surface area contributed by atoms with Gasteiger partial charge in [0.25, 0.3) is 0 Å². The van der Waals surface area contributed by atoms with E-state index in [1.807, 2.05) is 0 Å². The first-order chi connectivity index (χ1) is 3.83. The van der Waals surface area contributed by atoms with Crippen LogP contribution in [-0.4, -0.2) is 14.6 Å². The lowest BCUT2D eigenvalue weighted by molar-refractivity contribution is 0.120. The summed E-state index contributed by atoms with van der Waals surface area (Å²) < 4.78 is 7.13. The van der Waals surface area contributed by atoms with Crippen molar-refractivity contribution in [2.45, 2.75) is 23.1 Å². The van der Waals surface area contributed by atoms with Crippen molar-refractivity contribution >= 4 is 45.2 Å². The van der Waals surface area contributed by atoms with Gasteiger partial charge >= 0.3 is 0 Å². The molecule has 0 spiro atoms. The summed E-state index contributed by atoms with van der Waals surface area (Å²) >= 11 is 4.72. The maximum Gasteiger partial charge on any atom is 0.109 e. The molecule has 1 rings (SSSR count). The predicted octanol–water partition coefficient (Wildman–Crippen LogP) is 2.36. The minimum absolute atomic E-state index is 0.493. The monoisotopic (exact) mass is 338 g/mol. The molecule has 1 fully saturated rings. The summed E-state index contributed by atoms with van der Waals surface area (Å²) in [6, 6.07) is 0. The predicted molar refractivity (Wildman–Crippen MR) is 50.8 cm³/mol. The average molecular weight is 338 g/mol. The molecule has 0 N–H and O–H groups in total. The lowest BCUT2D eigenvalue weighted by atomic mass is 10.3. The molecule has 8 heavy (non-hydrogen) atoms. The van der Waals surface area contributed by atoms with Crippen LogP contribution in [-0.2, 0) is 4.74 Å². The van der Waals surface area contributed by atoms with Gasteiger partial charge < -0.3 is 4.74 Å². The van der Waals surface area contributed by atoms with Crippen LogP contribution in [0.3, 0.4) is 0 Å². The number of hydrogen-bond acceptors (Lipinski definition) is 1. The molecule has 2 unspecified atom stereocenters. The molecule has 3 heteroatoms. The van der Waals surface area contributed by atoms with Gasteiger partial charge in [-0.2, -0.15) is 0 Å². The third kappa shape index (κ3) is 1.98. The van der Waals surface area contributed by atoms with Crippen molar-refractivity contribution in [2.75, 3.05) is 4.43 Å². The lowest BCUT2D eigenvalue weighted by Gasteiger charge is -2.03. The first-order valence-electron chi connectivity index (χ1n) is 2.68. The first-order valence-corrected chi connectivity index (χ1v) is 5.45. The molecule has 0 bridgehead atoms. The molecule has 0 amide bonds. The summed E-state index contributed by atoms with van der Waals surface area (Å²) in [4.78, 5) is 0. The van der Waals surface area contributed by atoms with E-state index in [0.29, 0.717) is 10.2 Å². The third-order valence-corrected chi connectivity index (χ3v) is 3.13. The van der Waals surface area contributed by atoms with Crippen molar-refractivity contribution in [3.63, 3.8) is 0 Å². The van der Waals surface area contributed by atoms with Crippen molar-refractivity contribution < 1.29 is 4.74 Å². The highest BCUT2D eigenvalue weighted by Gasteiger charge is 2.20. The Morgan fingerprint density at radius 3 is 2.50 bits per heavy atom. The fourth-order valence-corrected chi connectivity index (χ4v) is 2.20. The minimum Gasteiger partial charge on any atom is -0.364 e. The standard InChI is InChI=1S/C5H8I2O/c6-3-4-1-2-5(7)8-4/h4-5H,1-3H2. The molecule has 0 aromatic heterocycles. The lowest BCUT2D eigenvalue weighted by Crippen LogP contribution is -2.06. The Kier molecular flexibility index (Phi) is 3.34. The number of ether oxygens (including phenoxy) is 1. The fraction of sp³-hybridized carbons (Fsp3) is 1.00. The van der Waals surface area contributed by atoms with Gasteiger partial charge in [0.1, 0.15) is 4.11 Å². The van der Waals surface area contributed by atoms with Crippen molar-refractivity contribution in [1.82, 2.24) is 0 Å². The summed E-state index contributed by atoms with van der Waals surface area (Å²) in [7, 11) is 0. The summed E-state index contributed by atoms with van der Waals surface area (Å²) in [6.07, 6.45) is 3.06. The molecule has 0 aliphatic carbocycles. The van der Waals surface area contributed by atoms with Crippen LogP contribution in [0.25, 0.3) is 0 Å². The zero-order valence-electron chi connectivity index (χ0n) is 4.44. The Morgan fingerprint density at radius 1 is 1.50 bits per heavy atom. The molecule has 2 atom stereocenters. The maximum atomic E-state index is 5.49. The summed E-state index contributed by atoms with van der Waals surface area (Å²) in [5.41, 5.74) is 0. The van der Waals surface area contributed by atoms with Crippen LogP contribution in [0.4, 0.5) is 0 Å². The van der Waals surface area contributed by atoms with Crippen molar-refractivity contribution in [2.24, 2.45) is 0 Å². The number of rotatable bonds is 1. The largest absolute Gasteiger partial charge is 0.364 e. The molecule has 0 radical (unpaired) electrons. The van der Waals surface area contributed by atoms with E-state index in [-0.39, 0.29) is 0 Å². The van der Waals surface area contributed by atoms with Crippen LogP contribution in [0, 0.1) is 0 Å². The van der Waals surface area contributed by atoms with E-state index in [2.05, 4.69) is 45.2 Å². The molecule has 0 saturated carbocycles. The van der Waals surface area contributed by atoms with Gasteiger partial charge in [0.2, 0.25) is 0 Å². The topological polar surface area (TPSA) is 9.23 Å². The second kappa shape index (κ2) is 3.55. The third-order valence-electron chi connectivity index (χ3n) is 1.23. The van der Waals surface area contributed by atoms with Gasteiger partial charge in [-0.25, -0.2) is 0 Å². The van der Waals surface area contributed by atoms with Crippen molar-refractivity contribution in [3.05, 3.63) is 0 Å². The Morgan fingerprint density at radius 2 is 2.25 bits per heavy atom. The number of alkyl halides is 2. The van der Waals surface area contributed by atoms with Crippen LogP contribution < -0.4 is 0 Å². The molecular weight excluding hydrogens is 330 g/mol. The molecular formula is C5H8I2O. The van der Waals surface area contributed by atoms with E-state index in [0.717, 1.165) is 4.43 Å². The normalized spacial score (nSPS) is 38.2. The second-order valence-electron chi connectivity index (χ2n) is 1.90. The Bertz CT molecular complexity index is 76.8. The second-order valence-corrected chi connectivity index (χ2v) is 4.17. The molecule has 1 heterocycles. The number of hydrogen-bond donors (Lipinski definition) is 0. The summed E-state index contributed by atoms with van der Waals surface area (Å²) in [6.45, 7) is 0. The molecule has 1 aliphatic heterocycles. The molecule has 1 aliphatic rings. The van der Waals surface area contributed by atoms with Crippen LogP contribution >= 0.6 is 45.2 Å². The van der Waals surface area contributed by atoms with Crippen LogP contribution in [0.5, 0.6) is 0 Å². The van der Waals surface area contributed by atoms with Crippen molar-refractivity contribution in [1.29, 1.82) is 0 Å². The highest BCUT2D eigenvalue weighted by atomic mass is 127. The average Bonchev–Trinajstić information content (AvgIpc) is 2.14. The van der Waals surface area contributed by atoms with Gasteiger partial charge in [-0.15, -0.1) is 0 Å². The van der Waals surface area contributed by atoms with E-state index < -0.39 is 0 Å². The molecule has 1 saturated heterocycles. The minimum atomic E-state index is 0.493. The highest BCUT2D eigenvalue weighted by Crippen LogP contribution is 2.24. The van der Waals surface area contributed by atoms with E-state index in [1.54, 1.807) is 0 Å². The quantitative estimate of drug-likeness (QED) is 0.527. The summed E-state index contributed by atoms with van der Waals surface area (Å²) in [5.74, 6) is 0. The van der Waals surface area contributed by atoms with Gasteiger partial charge in [0, 0.05) is 4.43 Å². The Labute approximate surface area is 76.8 Å². The SMILES string of the molecule is ICC1CCC(I)O1. The van der Waals surface area contributed by atoms with Crippen molar-refractivity contribution in [3.8, 4) is 0 Å². The van der Waals surface area contributed by atoms with Gasteiger partial charge in [-0.3, -0.25) is 0 Å². The van der Waals surface area contributed by atoms with Crippen LogP contribution in [0.15, 0.2) is 0 Å². The van der Waals surface area contributed by atoms with E-state index in [4.69, 9.17) is 4.74 Å². The molecule has 1 nitrogen and oxygen atoms in total. The van der Waals surface area contributed by atoms with E-state index >= 15 is 0 Å². The number of halogens is 2. The summed E-state index contributed by atoms with van der Waals surface area (Å²) in [5, 5.41) is 0. The van der Waals surface area contributed by atoms with Gasteiger partial charge in [-0.1, -0.05) is 45.2 Å². The molecule has 48 valence electrons. The Hall–Kier alpha value is 1.42. The zero-order valence-corrected chi connectivity index (χ0v) is 8.76. The van der Waals surface area contributed by atoms with E-state index in [9.17, 15) is 0 Å². The van der Waals surface area contributed by atoms with Gasteiger partial charge in [-0.05, 0) is 12.8 Å². The van der Waals surface area contributed by atoms with Gasteiger partial charge in [0.05, 0.1) is 6.10 Å².